The Kier molecular flexibility index (Phi) is 4.57. The highest BCUT2D eigenvalue weighted by Crippen LogP contribution is 2.28. The highest BCUT2D eigenvalue weighted by molar-refractivity contribution is 5.94. The molecule has 108 valence electrons. The number of hydrogen-bond acceptors (Lipinski definition) is 4. The predicted octanol–water partition coefficient (Wildman–Crippen LogP) is 1.22. The van der Waals surface area contributed by atoms with Gasteiger partial charge >= 0.3 is 5.97 Å². The number of carbonyl (C=O) groups excluding carboxylic acids is 1. The third-order valence-electron chi connectivity index (χ3n) is 3.34. The Hall–Kier alpha value is -2.08. The maximum absolute atomic E-state index is 12.1. The first kappa shape index (κ1) is 14.3. The largest absolute Gasteiger partial charge is 0.480 e. The lowest BCUT2D eigenvalue weighted by molar-refractivity contribution is -0.139. The average molecular weight is 278 g/mol. The van der Waals surface area contributed by atoms with Gasteiger partial charge in [-0.2, -0.15) is 0 Å². The number of ether oxygens (including phenoxy) is 1. The zero-order chi connectivity index (χ0) is 14.5. The first-order valence-corrected chi connectivity index (χ1v) is 6.56. The Morgan fingerprint density at radius 3 is 2.75 bits per heavy atom. The molecule has 0 heterocycles. The molecule has 1 aromatic carbocycles. The van der Waals surface area contributed by atoms with Crippen molar-refractivity contribution in [2.24, 2.45) is 11.7 Å². The number of rotatable bonds is 5. The summed E-state index contributed by atoms with van der Waals surface area (Å²) < 4.78 is 5.14. The summed E-state index contributed by atoms with van der Waals surface area (Å²) in [5.74, 6) is -0.889. The normalized spacial score (nSPS) is 21.4. The van der Waals surface area contributed by atoms with Gasteiger partial charge in [-0.1, -0.05) is 12.1 Å². The third kappa shape index (κ3) is 3.71. The van der Waals surface area contributed by atoms with Crippen molar-refractivity contribution < 1.29 is 19.4 Å². The third-order valence-corrected chi connectivity index (χ3v) is 3.34. The van der Waals surface area contributed by atoms with Gasteiger partial charge in [0.15, 0.2) is 6.61 Å². The van der Waals surface area contributed by atoms with E-state index < -0.39 is 12.6 Å². The Bertz CT molecular complexity index is 504. The Balaban J connectivity index is 2.01. The molecule has 2 atom stereocenters. The van der Waals surface area contributed by atoms with Gasteiger partial charge in [-0.3, -0.25) is 4.79 Å². The van der Waals surface area contributed by atoms with Crippen LogP contribution in [0.25, 0.3) is 0 Å². The highest BCUT2D eigenvalue weighted by atomic mass is 16.5. The number of carbonyl (C=O) groups is 2. The zero-order valence-corrected chi connectivity index (χ0v) is 11.0. The highest BCUT2D eigenvalue weighted by Gasteiger charge is 2.28. The Morgan fingerprint density at radius 1 is 1.35 bits per heavy atom. The quantitative estimate of drug-likeness (QED) is 0.751. The molecule has 2 unspecified atom stereocenters. The summed E-state index contributed by atoms with van der Waals surface area (Å²) in [6, 6.07) is 6.87. The molecule has 0 aromatic heterocycles. The number of benzene rings is 1. The van der Waals surface area contributed by atoms with Crippen LogP contribution in [0.1, 0.15) is 19.3 Å². The number of nitrogens with one attached hydrogen (secondary N) is 1. The molecule has 1 aliphatic carbocycles. The first-order valence-electron chi connectivity index (χ1n) is 6.56. The molecule has 20 heavy (non-hydrogen) atoms. The second-order valence-corrected chi connectivity index (χ2v) is 4.94. The van der Waals surface area contributed by atoms with Crippen molar-refractivity contribution in [3.05, 3.63) is 24.3 Å². The lowest BCUT2D eigenvalue weighted by Crippen LogP contribution is -2.23. The Morgan fingerprint density at radius 2 is 2.10 bits per heavy atom. The van der Waals surface area contributed by atoms with Crippen molar-refractivity contribution in [3.63, 3.8) is 0 Å². The minimum Gasteiger partial charge on any atom is -0.480 e. The topological polar surface area (TPSA) is 102 Å². The van der Waals surface area contributed by atoms with Crippen molar-refractivity contribution in [2.75, 3.05) is 11.9 Å². The minimum absolute atomic E-state index is 0.0856. The lowest BCUT2D eigenvalue weighted by atomic mass is 10.1. The smallest absolute Gasteiger partial charge is 0.341 e. The molecule has 0 radical (unpaired) electrons. The molecule has 4 N–H and O–H groups in total. The zero-order valence-electron chi connectivity index (χ0n) is 11.0. The van der Waals surface area contributed by atoms with E-state index in [2.05, 4.69) is 5.32 Å². The van der Waals surface area contributed by atoms with E-state index in [0.717, 1.165) is 12.8 Å². The SMILES string of the molecule is NC1CCC(C(=O)Nc2ccccc2OCC(=O)O)C1. The summed E-state index contributed by atoms with van der Waals surface area (Å²) in [5, 5.41) is 11.4. The van der Waals surface area contributed by atoms with E-state index in [1.54, 1.807) is 24.3 Å². The van der Waals surface area contributed by atoms with Crippen molar-refractivity contribution >= 4 is 17.6 Å². The van der Waals surface area contributed by atoms with Crippen molar-refractivity contribution in [3.8, 4) is 5.75 Å². The van der Waals surface area contributed by atoms with E-state index in [1.165, 1.54) is 0 Å². The summed E-state index contributed by atoms with van der Waals surface area (Å²) in [6.07, 6.45) is 2.32. The number of amides is 1. The summed E-state index contributed by atoms with van der Waals surface area (Å²) in [7, 11) is 0. The average Bonchev–Trinajstić information content (AvgIpc) is 2.84. The molecule has 1 fully saturated rings. The molecule has 0 aliphatic heterocycles. The first-order chi connectivity index (χ1) is 9.56. The molecule has 1 saturated carbocycles. The van der Waals surface area contributed by atoms with Crippen LogP contribution >= 0.6 is 0 Å². The molecule has 1 aliphatic rings. The number of nitrogens with two attached hydrogens (primary N) is 1. The molecular formula is C14H18N2O4. The van der Waals surface area contributed by atoms with E-state index in [-0.39, 0.29) is 17.9 Å². The second-order valence-electron chi connectivity index (χ2n) is 4.94. The number of anilines is 1. The maximum Gasteiger partial charge on any atom is 0.341 e. The fourth-order valence-electron chi connectivity index (χ4n) is 2.32. The van der Waals surface area contributed by atoms with Crippen LogP contribution < -0.4 is 15.8 Å². The van der Waals surface area contributed by atoms with Gasteiger partial charge in [0.1, 0.15) is 5.75 Å². The number of hydrogen-bond donors (Lipinski definition) is 3. The van der Waals surface area contributed by atoms with Gasteiger partial charge in [-0.15, -0.1) is 0 Å². The predicted molar refractivity (Wildman–Crippen MR) is 73.5 cm³/mol. The fraction of sp³-hybridized carbons (Fsp3) is 0.429. The van der Waals surface area contributed by atoms with E-state index in [0.29, 0.717) is 17.9 Å². The van der Waals surface area contributed by atoms with Gasteiger partial charge in [-0.05, 0) is 31.4 Å². The molecule has 0 saturated heterocycles. The molecule has 1 amide bonds. The van der Waals surface area contributed by atoms with Gasteiger partial charge < -0.3 is 20.9 Å². The van der Waals surface area contributed by atoms with Crippen molar-refractivity contribution in [1.82, 2.24) is 0 Å². The van der Waals surface area contributed by atoms with E-state index in [1.807, 2.05) is 0 Å². The van der Waals surface area contributed by atoms with E-state index >= 15 is 0 Å². The van der Waals surface area contributed by atoms with Crippen molar-refractivity contribution in [2.45, 2.75) is 25.3 Å². The van der Waals surface area contributed by atoms with Crippen LogP contribution in [0.2, 0.25) is 0 Å². The Labute approximate surface area is 116 Å². The summed E-state index contributed by atoms with van der Waals surface area (Å²) in [4.78, 5) is 22.6. The monoisotopic (exact) mass is 278 g/mol. The molecular weight excluding hydrogens is 260 g/mol. The minimum atomic E-state index is -1.06. The molecule has 0 spiro atoms. The van der Waals surface area contributed by atoms with Gasteiger partial charge in [0, 0.05) is 12.0 Å². The van der Waals surface area contributed by atoms with Gasteiger partial charge in [0.05, 0.1) is 5.69 Å². The van der Waals surface area contributed by atoms with E-state index in [4.69, 9.17) is 15.6 Å². The summed E-state index contributed by atoms with van der Waals surface area (Å²) in [6.45, 7) is -0.443. The molecule has 1 aromatic rings. The van der Waals surface area contributed by atoms with Crippen LogP contribution in [0.15, 0.2) is 24.3 Å². The van der Waals surface area contributed by atoms with Crippen LogP contribution in [-0.4, -0.2) is 29.6 Å². The number of aliphatic carboxylic acids is 1. The van der Waals surface area contributed by atoms with Gasteiger partial charge in [0.25, 0.3) is 0 Å². The van der Waals surface area contributed by atoms with Crippen LogP contribution in [0.5, 0.6) is 5.75 Å². The molecule has 2 rings (SSSR count). The van der Waals surface area contributed by atoms with Gasteiger partial charge in [-0.25, -0.2) is 4.79 Å². The summed E-state index contributed by atoms with van der Waals surface area (Å²) in [5.41, 5.74) is 6.28. The van der Waals surface area contributed by atoms with Crippen LogP contribution in [0.3, 0.4) is 0 Å². The lowest BCUT2D eigenvalue weighted by Gasteiger charge is -2.14. The van der Waals surface area contributed by atoms with Crippen LogP contribution in [-0.2, 0) is 9.59 Å². The number of carboxylic acids is 1. The fourth-order valence-corrected chi connectivity index (χ4v) is 2.32. The van der Waals surface area contributed by atoms with Crippen LogP contribution in [0.4, 0.5) is 5.69 Å². The molecule has 6 nitrogen and oxygen atoms in total. The van der Waals surface area contributed by atoms with E-state index in [9.17, 15) is 9.59 Å². The standard InChI is InChI=1S/C14H18N2O4/c15-10-6-5-9(7-10)14(19)16-11-3-1-2-4-12(11)20-8-13(17)18/h1-4,9-10H,5-8,15H2,(H,16,19)(H,17,18). The van der Waals surface area contributed by atoms with Gasteiger partial charge in [0.2, 0.25) is 5.91 Å². The number of carboxylic acid groups (broad SMARTS) is 1. The summed E-state index contributed by atoms with van der Waals surface area (Å²) >= 11 is 0. The molecule has 0 bridgehead atoms. The van der Waals surface area contributed by atoms with Crippen LogP contribution in [0, 0.1) is 5.92 Å². The second kappa shape index (κ2) is 6.38. The van der Waals surface area contributed by atoms with Crippen molar-refractivity contribution in [1.29, 1.82) is 0 Å². The maximum atomic E-state index is 12.1. The molecule has 6 heteroatoms. The number of para-hydroxylation sites is 2.